The fourth-order valence-electron chi connectivity index (χ4n) is 1.32. The van der Waals surface area contributed by atoms with E-state index in [1.54, 1.807) is 6.92 Å². The van der Waals surface area contributed by atoms with E-state index in [1.807, 2.05) is 0 Å². The molecule has 2 N–H and O–H groups in total. The Balaban J connectivity index is 2.70. The van der Waals surface area contributed by atoms with Gasteiger partial charge in [0.2, 0.25) is 0 Å². The first-order valence-electron chi connectivity index (χ1n) is 5.28. The van der Waals surface area contributed by atoms with Crippen molar-refractivity contribution in [1.29, 1.82) is 0 Å². The molecule has 0 fully saturated rings. The van der Waals surface area contributed by atoms with Crippen molar-refractivity contribution in [2.75, 3.05) is 6.61 Å². The van der Waals surface area contributed by atoms with Crippen molar-refractivity contribution in [2.45, 2.75) is 25.6 Å². The van der Waals surface area contributed by atoms with E-state index < -0.39 is 18.2 Å². The molecule has 18 heavy (non-hydrogen) atoms. The summed E-state index contributed by atoms with van der Waals surface area (Å²) >= 11 is 11.4. The molecule has 100 valence electrons. The fourth-order valence-corrected chi connectivity index (χ4v) is 1.60. The van der Waals surface area contributed by atoms with Gasteiger partial charge >= 0.3 is 5.97 Å². The van der Waals surface area contributed by atoms with Crippen LogP contribution in [0.5, 0.6) is 0 Å². The van der Waals surface area contributed by atoms with E-state index in [1.165, 1.54) is 12.3 Å². The summed E-state index contributed by atoms with van der Waals surface area (Å²) in [5.74, 6) is -0.586. The average molecular weight is 294 g/mol. The van der Waals surface area contributed by atoms with E-state index in [2.05, 4.69) is 9.72 Å². The van der Waals surface area contributed by atoms with Gasteiger partial charge in [-0.1, -0.05) is 23.2 Å². The molecule has 2 atom stereocenters. The summed E-state index contributed by atoms with van der Waals surface area (Å²) in [6.45, 7) is 1.87. The highest BCUT2D eigenvalue weighted by molar-refractivity contribution is 6.41. The van der Waals surface area contributed by atoms with Crippen LogP contribution in [0, 0.1) is 0 Å². The van der Waals surface area contributed by atoms with Gasteiger partial charge in [0.15, 0.2) is 0 Å². The number of pyridine rings is 1. The molecule has 0 aliphatic rings. The first-order chi connectivity index (χ1) is 8.45. The van der Waals surface area contributed by atoms with Gasteiger partial charge in [0, 0.05) is 11.8 Å². The SMILES string of the molecule is CCOC(=O)CC(O)C(O)c1cnc(Cl)c(Cl)c1. The van der Waals surface area contributed by atoms with Crippen LogP contribution in [0.15, 0.2) is 12.3 Å². The van der Waals surface area contributed by atoms with Crippen LogP contribution in [0.25, 0.3) is 0 Å². The number of carbonyl (C=O) groups excluding carboxylic acids is 1. The fraction of sp³-hybridized carbons (Fsp3) is 0.455. The molecule has 0 radical (unpaired) electrons. The molecule has 1 aromatic rings. The Hall–Kier alpha value is -0.880. The standard InChI is InChI=1S/C11H13Cl2NO4/c1-2-18-9(16)4-8(15)10(17)6-3-7(12)11(13)14-5-6/h3,5,8,10,15,17H,2,4H2,1H3. The summed E-state index contributed by atoms with van der Waals surface area (Å²) in [4.78, 5) is 14.9. The number of esters is 1. The van der Waals surface area contributed by atoms with Gasteiger partial charge in [-0.2, -0.15) is 0 Å². The number of aliphatic hydroxyl groups excluding tert-OH is 2. The van der Waals surface area contributed by atoms with Crippen molar-refractivity contribution < 1.29 is 19.7 Å². The van der Waals surface area contributed by atoms with Gasteiger partial charge in [-0.05, 0) is 13.0 Å². The van der Waals surface area contributed by atoms with Gasteiger partial charge in [0.25, 0.3) is 0 Å². The van der Waals surface area contributed by atoms with Crippen LogP contribution in [-0.4, -0.2) is 33.9 Å². The van der Waals surface area contributed by atoms with E-state index >= 15 is 0 Å². The number of hydrogen-bond donors (Lipinski definition) is 2. The molecule has 0 aromatic carbocycles. The van der Waals surface area contributed by atoms with Crippen molar-refractivity contribution >= 4 is 29.2 Å². The van der Waals surface area contributed by atoms with Crippen LogP contribution in [-0.2, 0) is 9.53 Å². The quantitative estimate of drug-likeness (QED) is 0.638. The largest absolute Gasteiger partial charge is 0.466 e. The molecule has 0 saturated carbocycles. The highest BCUT2D eigenvalue weighted by Crippen LogP contribution is 2.25. The minimum atomic E-state index is -1.29. The molecule has 1 aromatic heterocycles. The first-order valence-corrected chi connectivity index (χ1v) is 6.04. The molecule has 5 nitrogen and oxygen atoms in total. The number of nitrogens with zero attached hydrogens (tertiary/aromatic N) is 1. The van der Waals surface area contributed by atoms with Gasteiger partial charge in [-0.15, -0.1) is 0 Å². The van der Waals surface area contributed by atoms with Crippen LogP contribution in [0.4, 0.5) is 0 Å². The third-order valence-electron chi connectivity index (χ3n) is 2.20. The third kappa shape index (κ3) is 4.10. The normalized spacial score (nSPS) is 14.1. The van der Waals surface area contributed by atoms with Crippen LogP contribution in [0.3, 0.4) is 0 Å². The molecule has 2 unspecified atom stereocenters. The Morgan fingerprint density at radius 3 is 2.72 bits per heavy atom. The first kappa shape index (κ1) is 15.2. The van der Waals surface area contributed by atoms with E-state index in [-0.39, 0.29) is 28.8 Å². The van der Waals surface area contributed by atoms with Gasteiger partial charge in [0.05, 0.1) is 24.2 Å². The second-order valence-corrected chi connectivity index (χ2v) is 4.33. The highest BCUT2D eigenvalue weighted by Gasteiger charge is 2.23. The number of aliphatic hydroxyl groups is 2. The lowest BCUT2D eigenvalue weighted by Crippen LogP contribution is -2.23. The van der Waals surface area contributed by atoms with Gasteiger partial charge in [0.1, 0.15) is 11.3 Å². The molecule has 0 bridgehead atoms. The number of halogens is 2. The van der Waals surface area contributed by atoms with Gasteiger partial charge < -0.3 is 14.9 Å². The predicted molar refractivity (Wildman–Crippen MR) is 66.5 cm³/mol. The van der Waals surface area contributed by atoms with Crippen LogP contribution in [0.2, 0.25) is 10.2 Å². The van der Waals surface area contributed by atoms with Crippen molar-refractivity contribution in [3.8, 4) is 0 Å². The lowest BCUT2D eigenvalue weighted by molar-refractivity contribution is -0.147. The van der Waals surface area contributed by atoms with Crippen LogP contribution >= 0.6 is 23.2 Å². The van der Waals surface area contributed by atoms with E-state index in [0.717, 1.165) is 0 Å². The average Bonchev–Trinajstić information content (AvgIpc) is 2.32. The van der Waals surface area contributed by atoms with E-state index in [0.29, 0.717) is 0 Å². The van der Waals surface area contributed by atoms with Crippen molar-refractivity contribution in [1.82, 2.24) is 4.98 Å². The number of hydrogen-bond acceptors (Lipinski definition) is 5. The Morgan fingerprint density at radius 2 is 2.17 bits per heavy atom. The molecule has 0 amide bonds. The van der Waals surface area contributed by atoms with Gasteiger partial charge in [-0.25, -0.2) is 4.98 Å². The summed E-state index contributed by atoms with van der Waals surface area (Å²) in [5.41, 5.74) is 0.279. The summed E-state index contributed by atoms with van der Waals surface area (Å²) in [5, 5.41) is 19.8. The van der Waals surface area contributed by atoms with Crippen LogP contribution < -0.4 is 0 Å². The molecule has 0 aliphatic heterocycles. The summed E-state index contributed by atoms with van der Waals surface area (Å²) in [6, 6.07) is 1.38. The monoisotopic (exact) mass is 293 g/mol. The zero-order valence-electron chi connectivity index (χ0n) is 9.64. The second kappa shape index (κ2) is 6.89. The topological polar surface area (TPSA) is 79.7 Å². The Kier molecular flexibility index (Phi) is 5.81. The van der Waals surface area contributed by atoms with Crippen LogP contribution in [0.1, 0.15) is 25.0 Å². The minimum Gasteiger partial charge on any atom is -0.466 e. The number of carbonyl (C=O) groups is 1. The maximum absolute atomic E-state index is 11.2. The molecular weight excluding hydrogens is 281 g/mol. The summed E-state index contributed by atoms with van der Waals surface area (Å²) < 4.78 is 4.67. The summed E-state index contributed by atoms with van der Waals surface area (Å²) in [6.07, 6.45) is -1.59. The number of ether oxygens (including phenoxy) is 1. The summed E-state index contributed by atoms with van der Waals surface area (Å²) in [7, 11) is 0. The Bertz CT molecular complexity index is 428. The smallest absolute Gasteiger partial charge is 0.308 e. The Morgan fingerprint density at radius 1 is 1.50 bits per heavy atom. The predicted octanol–water partition coefficient (Wildman–Crippen LogP) is 1.74. The highest BCUT2D eigenvalue weighted by atomic mass is 35.5. The molecule has 0 spiro atoms. The molecule has 0 saturated heterocycles. The molecule has 1 heterocycles. The van der Waals surface area contributed by atoms with Crippen molar-refractivity contribution in [3.63, 3.8) is 0 Å². The number of rotatable bonds is 5. The molecular formula is C11H13Cl2NO4. The molecule has 0 aliphatic carbocycles. The lowest BCUT2D eigenvalue weighted by atomic mass is 10.0. The lowest BCUT2D eigenvalue weighted by Gasteiger charge is -2.17. The third-order valence-corrected chi connectivity index (χ3v) is 2.89. The van der Waals surface area contributed by atoms with Crippen molar-refractivity contribution in [3.05, 3.63) is 28.0 Å². The van der Waals surface area contributed by atoms with Crippen molar-refractivity contribution in [2.24, 2.45) is 0 Å². The minimum absolute atomic E-state index is 0.104. The number of aromatic nitrogens is 1. The molecule has 1 rings (SSSR count). The Labute approximate surface area is 114 Å². The maximum Gasteiger partial charge on any atom is 0.308 e. The second-order valence-electron chi connectivity index (χ2n) is 3.56. The maximum atomic E-state index is 11.2. The zero-order chi connectivity index (χ0) is 13.7. The van der Waals surface area contributed by atoms with E-state index in [4.69, 9.17) is 23.2 Å². The zero-order valence-corrected chi connectivity index (χ0v) is 11.1. The van der Waals surface area contributed by atoms with Gasteiger partial charge in [-0.3, -0.25) is 4.79 Å². The molecule has 7 heteroatoms. The van der Waals surface area contributed by atoms with E-state index in [9.17, 15) is 15.0 Å².